The highest BCUT2D eigenvalue weighted by Crippen LogP contribution is 2.34. The lowest BCUT2D eigenvalue weighted by molar-refractivity contribution is -0.160. The second-order valence-electron chi connectivity index (χ2n) is 7.73. The molecule has 142 valence electrons. The van der Waals surface area contributed by atoms with E-state index >= 15 is 0 Å². The average Bonchev–Trinajstić information content (AvgIpc) is 2.90. The van der Waals surface area contributed by atoms with Gasteiger partial charge in [-0.3, -0.25) is 14.5 Å². The van der Waals surface area contributed by atoms with Crippen molar-refractivity contribution in [2.45, 2.75) is 58.3 Å². The van der Waals surface area contributed by atoms with E-state index in [4.69, 9.17) is 9.47 Å². The maximum Gasteiger partial charge on any atom is 0.323 e. The van der Waals surface area contributed by atoms with E-state index in [1.807, 2.05) is 57.2 Å². The summed E-state index contributed by atoms with van der Waals surface area (Å²) in [7, 11) is 0. The van der Waals surface area contributed by atoms with Crippen molar-refractivity contribution >= 4 is 11.9 Å². The Balaban J connectivity index is 2.24. The normalized spacial score (nSPS) is 23.5. The summed E-state index contributed by atoms with van der Waals surface area (Å²) in [5.74, 6) is -0.550. The summed E-state index contributed by atoms with van der Waals surface area (Å²) in [6.07, 6.45) is 2.41. The molecule has 0 saturated carbocycles. The van der Waals surface area contributed by atoms with Gasteiger partial charge in [-0.2, -0.15) is 0 Å². The molecule has 0 aliphatic carbocycles. The lowest BCUT2D eigenvalue weighted by Crippen LogP contribution is -2.43. The first-order chi connectivity index (χ1) is 12.2. The molecule has 0 spiro atoms. The van der Waals surface area contributed by atoms with Gasteiger partial charge in [0.15, 0.2) is 0 Å². The zero-order valence-corrected chi connectivity index (χ0v) is 16.1. The predicted molar refractivity (Wildman–Crippen MR) is 100 cm³/mol. The molecular weight excluding hydrogens is 330 g/mol. The Labute approximate surface area is 156 Å². The first-order valence-electron chi connectivity index (χ1n) is 8.99. The smallest absolute Gasteiger partial charge is 0.323 e. The lowest BCUT2D eigenvalue weighted by Gasteiger charge is -2.30. The van der Waals surface area contributed by atoms with E-state index < -0.39 is 11.6 Å². The topological polar surface area (TPSA) is 55.8 Å². The van der Waals surface area contributed by atoms with Gasteiger partial charge in [0.2, 0.25) is 0 Å². The number of ether oxygens (including phenoxy) is 2. The minimum Gasteiger partial charge on any atom is -0.466 e. The van der Waals surface area contributed by atoms with Crippen molar-refractivity contribution in [2.24, 2.45) is 5.92 Å². The Morgan fingerprint density at radius 3 is 2.46 bits per heavy atom. The van der Waals surface area contributed by atoms with E-state index in [0.29, 0.717) is 13.0 Å². The fourth-order valence-corrected chi connectivity index (χ4v) is 3.37. The van der Waals surface area contributed by atoms with Gasteiger partial charge in [-0.15, -0.1) is 6.58 Å². The third-order valence-electron chi connectivity index (χ3n) is 4.42. The number of likely N-dealkylation sites (tertiary alicyclic amines) is 1. The Morgan fingerprint density at radius 2 is 1.92 bits per heavy atom. The van der Waals surface area contributed by atoms with Gasteiger partial charge in [0.25, 0.3) is 0 Å². The Morgan fingerprint density at radius 1 is 1.27 bits per heavy atom. The molecule has 5 heteroatoms. The van der Waals surface area contributed by atoms with E-state index in [1.54, 1.807) is 0 Å². The summed E-state index contributed by atoms with van der Waals surface area (Å²) in [5, 5.41) is 0. The first kappa shape index (κ1) is 20.2. The predicted octanol–water partition coefficient (Wildman–Crippen LogP) is 3.34. The molecule has 0 unspecified atom stereocenters. The van der Waals surface area contributed by atoms with Crippen molar-refractivity contribution in [3.05, 3.63) is 48.6 Å². The number of nitrogens with zero attached hydrogens (tertiary/aromatic N) is 1. The average molecular weight is 359 g/mol. The minimum atomic E-state index is -0.548. The van der Waals surface area contributed by atoms with Crippen LogP contribution < -0.4 is 0 Å². The van der Waals surface area contributed by atoms with Gasteiger partial charge in [-0.1, -0.05) is 36.4 Å². The van der Waals surface area contributed by atoms with Crippen LogP contribution in [-0.2, 0) is 25.6 Å². The Bertz CT molecular complexity index is 635. The number of rotatable bonds is 6. The Kier molecular flexibility index (Phi) is 6.59. The minimum absolute atomic E-state index is 0.0117. The molecule has 1 aromatic carbocycles. The third-order valence-corrected chi connectivity index (χ3v) is 4.42. The van der Waals surface area contributed by atoms with Gasteiger partial charge in [-0.05, 0) is 32.8 Å². The van der Waals surface area contributed by atoms with Crippen LogP contribution in [0.4, 0.5) is 0 Å². The van der Waals surface area contributed by atoms with Crippen LogP contribution in [0.5, 0.6) is 0 Å². The Hall–Kier alpha value is -2.14. The molecule has 0 aromatic heterocycles. The molecule has 1 saturated heterocycles. The molecule has 5 nitrogen and oxygen atoms in total. The van der Waals surface area contributed by atoms with Gasteiger partial charge in [0, 0.05) is 25.4 Å². The molecule has 0 radical (unpaired) electrons. The van der Waals surface area contributed by atoms with Crippen LogP contribution >= 0.6 is 0 Å². The van der Waals surface area contributed by atoms with Crippen molar-refractivity contribution in [3.63, 3.8) is 0 Å². The van der Waals surface area contributed by atoms with Gasteiger partial charge in [-0.25, -0.2) is 0 Å². The van der Waals surface area contributed by atoms with Crippen molar-refractivity contribution in [3.8, 4) is 0 Å². The lowest BCUT2D eigenvalue weighted by atomic mass is 10.00. The molecule has 1 heterocycles. The van der Waals surface area contributed by atoms with Crippen molar-refractivity contribution in [2.75, 3.05) is 6.61 Å². The number of hydrogen-bond acceptors (Lipinski definition) is 5. The SMILES string of the molecule is C=C[C@H]1[C@H](COC(C)=O)C[C@H](C(=O)OC(C)(C)C)N1Cc1ccccc1. The molecule has 1 aliphatic rings. The largest absolute Gasteiger partial charge is 0.466 e. The van der Waals surface area contributed by atoms with Gasteiger partial charge in [0.05, 0.1) is 6.61 Å². The van der Waals surface area contributed by atoms with Crippen LogP contribution in [0, 0.1) is 5.92 Å². The molecule has 0 amide bonds. The molecule has 1 fully saturated rings. The second-order valence-corrected chi connectivity index (χ2v) is 7.73. The highest BCUT2D eigenvalue weighted by molar-refractivity contribution is 5.77. The molecule has 1 aliphatic heterocycles. The van der Waals surface area contributed by atoms with Crippen LogP contribution in [0.15, 0.2) is 43.0 Å². The summed E-state index contributed by atoms with van der Waals surface area (Å²) in [6.45, 7) is 11.8. The summed E-state index contributed by atoms with van der Waals surface area (Å²) in [5.41, 5.74) is 0.564. The molecular formula is C21H29NO4. The van der Waals surface area contributed by atoms with E-state index in [2.05, 4.69) is 11.5 Å². The number of carbonyl (C=O) groups excluding carboxylic acids is 2. The second kappa shape index (κ2) is 8.49. The molecule has 0 N–H and O–H groups in total. The summed E-state index contributed by atoms with van der Waals surface area (Å²) in [6, 6.07) is 9.54. The third kappa shape index (κ3) is 5.43. The van der Waals surface area contributed by atoms with Crippen LogP contribution in [0.25, 0.3) is 0 Å². The molecule has 26 heavy (non-hydrogen) atoms. The maximum absolute atomic E-state index is 12.8. The van der Waals surface area contributed by atoms with Crippen LogP contribution in [0.3, 0.4) is 0 Å². The molecule has 2 rings (SSSR count). The molecule has 3 atom stereocenters. The van der Waals surface area contributed by atoms with E-state index in [9.17, 15) is 9.59 Å². The van der Waals surface area contributed by atoms with E-state index in [1.165, 1.54) is 6.92 Å². The fourth-order valence-electron chi connectivity index (χ4n) is 3.37. The van der Waals surface area contributed by atoms with E-state index in [-0.39, 0.29) is 30.5 Å². The number of carbonyl (C=O) groups is 2. The van der Waals surface area contributed by atoms with Crippen molar-refractivity contribution < 1.29 is 19.1 Å². The van der Waals surface area contributed by atoms with Crippen LogP contribution in [0.1, 0.15) is 39.7 Å². The highest BCUT2D eigenvalue weighted by atomic mass is 16.6. The first-order valence-corrected chi connectivity index (χ1v) is 8.99. The number of benzene rings is 1. The quantitative estimate of drug-likeness (QED) is 0.576. The standard InChI is InChI=1S/C21H29NO4/c1-6-18-17(14-25-15(2)23)12-19(20(24)26-21(3,4)5)22(18)13-16-10-8-7-9-11-16/h6-11,17-19H,1,12-14H2,2-5H3/t17-,18-,19+/m0/s1. The monoisotopic (exact) mass is 359 g/mol. The van der Waals surface area contributed by atoms with Crippen molar-refractivity contribution in [1.29, 1.82) is 0 Å². The van der Waals surface area contributed by atoms with Crippen LogP contribution in [-0.4, -0.2) is 41.1 Å². The molecule has 0 bridgehead atoms. The van der Waals surface area contributed by atoms with Gasteiger partial charge in [0.1, 0.15) is 11.6 Å². The number of esters is 2. The summed E-state index contributed by atoms with van der Waals surface area (Å²) >= 11 is 0. The van der Waals surface area contributed by atoms with Gasteiger partial charge >= 0.3 is 11.9 Å². The highest BCUT2D eigenvalue weighted by Gasteiger charge is 2.45. The fraction of sp³-hybridized carbons (Fsp3) is 0.524. The van der Waals surface area contributed by atoms with Gasteiger partial charge < -0.3 is 9.47 Å². The molecule has 1 aromatic rings. The maximum atomic E-state index is 12.8. The summed E-state index contributed by atoms with van der Waals surface area (Å²) in [4.78, 5) is 26.1. The zero-order valence-electron chi connectivity index (χ0n) is 16.1. The summed E-state index contributed by atoms with van der Waals surface area (Å²) < 4.78 is 10.9. The van der Waals surface area contributed by atoms with E-state index in [0.717, 1.165) is 5.56 Å². The zero-order chi connectivity index (χ0) is 19.3. The number of hydrogen-bond donors (Lipinski definition) is 0. The van der Waals surface area contributed by atoms with Crippen molar-refractivity contribution in [1.82, 2.24) is 4.90 Å². The van der Waals surface area contributed by atoms with Crippen LogP contribution in [0.2, 0.25) is 0 Å².